The Bertz CT molecular complexity index is 1470. The maximum atomic E-state index is 12.9. The number of hydrogen-bond acceptors (Lipinski definition) is 7. The number of rotatable bonds is 6. The molecule has 0 unspecified atom stereocenters. The Balaban J connectivity index is 1.72. The van der Waals surface area contributed by atoms with E-state index in [-0.39, 0.29) is 12.3 Å². The van der Waals surface area contributed by atoms with Crippen molar-refractivity contribution in [2.75, 3.05) is 26.6 Å². The lowest BCUT2D eigenvalue weighted by Crippen LogP contribution is -2.21. The van der Waals surface area contributed by atoms with Crippen LogP contribution in [0.15, 0.2) is 31.8 Å². The van der Waals surface area contributed by atoms with E-state index in [0.717, 1.165) is 27.7 Å². The summed E-state index contributed by atoms with van der Waals surface area (Å²) in [5.41, 5.74) is 3.88. The van der Waals surface area contributed by atoms with Gasteiger partial charge in [0.2, 0.25) is 11.7 Å². The van der Waals surface area contributed by atoms with E-state index in [9.17, 15) is 9.59 Å². The molecule has 4 rings (SSSR count). The average Bonchev–Trinajstić information content (AvgIpc) is 3.10. The summed E-state index contributed by atoms with van der Waals surface area (Å²) in [6.45, 7) is 7.59. The van der Waals surface area contributed by atoms with E-state index < -0.39 is 5.63 Å². The number of amides is 1. The Morgan fingerprint density at radius 1 is 0.824 bits per heavy atom. The number of methoxy groups -OCH3 is 3. The van der Waals surface area contributed by atoms with Gasteiger partial charge in [0.25, 0.3) is 0 Å². The largest absolute Gasteiger partial charge is 0.493 e. The first-order valence-electron chi connectivity index (χ1n) is 10.8. The monoisotopic (exact) mass is 465 g/mol. The molecule has 34 heavy (non-hydrogen) atoms. The van der Waals surface area contributed by atoms with E-state index in [1.54, 1.807) is 12.1 Å². The Kier molecular flexibility index (Phi) is 6.00. The SMILES string of the molecule is COc1cc(NC(=O)Cc2c(C)c3cc4c(C)c(C)oc4c(C)c3oc2=O)cc(OC)c1OC. The predicted molar refractivity (Wildman–Crippen MR) is 130 cm³/mol. The fourth-order valence-electron chi connectivity index (χ4n) is 4.22. The van der Waals surface area contributed by atoms with Gasteiger partial charge in [0.15, 0.2) is 11.5 Å². The zero-order valence-electron chi connectivity index (χ0n) is 20.3. The lowest BCUT2D eigenvalue weighted by atomic mass is 9.98. The van der Waals surface area contributed by atoms with Crippen molar-refractivity contribution in [3.8, 4) is 17.2 Å². The summed E-state index contributed by atoms with van der Waals surface area (Å²) in [4.78, 5) is 25.7. The van der Waals surface area contributed by atoms with E-state index >= 15 is 0 Å². The second-order valence-corrected chi connectivity index (χ2v) is 8.17. The number of hydrogen-bond donors (Lipinski definition) is 1. The molecular formula is C26H27NO7. The van der Waals surface area contributed by atoms with Crippen molar-refractivity contribution in [2.45, 2.75) is 34.1 Å². The Hall–Kier alpha value is -3.94. The highest BCUT2D eigenvalue weighted by atomic mass is 16.5. The molecular weight excluding hydrogens is 438 g/mol. The molecule has 4 aromatic rings. The summed E-state index contributed by atoms with van der Waals surface area (Å²) in [6, 6.07) is 5.21. The highest BCUT2D eigenvalue weighted by Gasteiger charge is 2.21. The highest BCUT2D eigenvalue weighted by Crippen LogP contribution is 2.40. The van der Waals surface area contributed by atoms with Crippen LogP contribution in [0.2, 0.25) is 0 Å². The lowest BCUT2D eigenvalue weighted by molar-refractivity contribution is -0.115. The number of aryl methyl sites for hydroxylation is 4. The third-order valence-corrected chi connectivity index (χ3v) is 6.23. The number of furan rings is 1. The van der Waals surface area contributed by atoms with Crippen molar-refractivity contribution < 1.29 is 27.8 Å². The topological polar surface area (TPSA) is 100 Å². The van der Waals surface area contributed by atoms with Gasteiger partial charge in [-0.25, -0.2) is 4.79 Å². The minimum atomic E-state index is -0.549. The van der Waals surface area contributed by atoms with Gasteiger partial charge in [-0.2, -0.15) is 0 Å². The van der Waals surface area contributed by atoms with E-state index in [2.05, 4.69) is 5.32 Å². The molecule has 8 nitrogen and oxygen atoms in total. The molecule has 0 saturated heterocycles. The number of fused-ring (bicyclic) bond motifs is 2. The summed E-state index contributed by atoms with van der Waals surface area (Å²) in [6.07, 6.45) is -0.152. The zero-order chi connectivity index (χ0) is 24.7. The summed E-state index contributed by atoms with van der Waals surface area (Å²) < 4.78 is 27.5. The Morgan fingerprint density at radius 2 is 1.41 bits per heavy atom. The fraction of sp³-hybridized carbons (Fsp3) is 0.308. The lowest BCUT2D eigenvalue weighted by Gasteiger charge is -2.15. The third-order valence-electron chi connectivity index (χ3n) is 6.23. The van der Waals surface area contributed by atoms with Crippen LogP contribution in [-0.4, -0.2) is 27.2 Å². The quantitative estimate of drug-likeness (QED) is 0.401. The van der Waals surface area contributed by atoms with Crippen molar-refractivity contribution in [1.82, 2.24) is 0 Å². The van der Waals surface area contributed by atoms with E-state index in [4.69, 9.17) is 23.0 Å². The standard InChI is InChI=1S/C26H27NO7/c1-12-15(4)33-23-14(3)24-18(10-17(12)23)13(2)19(26(29)34-24)11-22(28)27-16-8-20(30-5)25(32-7)21(9-16)31-6/h8-10H,11H2,1-7H3,(H,27,28). The van der Waals surface area contributed by atoms with Gasteiger partial charge in [-0.1, -0.05) is 0 Å². The van der Waals surface area contributed by atoms with Crippen LogP contribution in [0.5, 0.6) is 17.2 Å². The van der Waals surface area contributed by atoms with Gasteiger partial charge >= 0.3 is 5.63 Å². The summed E-state index contributed by atoms with van der Waals surface area (Å²) in [7, 11) is 4.49. The summed E-state index contributed by atoms with van der Waals surface area (Å²) >= 11 is 0. The molecule has 0 bridgehead atoms. The molecule has 0 aliphatic rings. The molecule has 0 aliphatic heterocycles. The first-order valence-corrected chi connectivity index (χ1v) is 10.8. The molecule has 0 aliphatic carbocycles. The molecule has 0 saturated carbocycles. The Morgan fingerprint density at radius 3 is 2.00 bits per heavy atom. The summed E-state index contributed by atoms with van der Waals surface area (Å²) in [5.74, 6) is 1.67. The smallest absolute Gasteiger partial charge is 0.340 e. The van der Waals surface area contributed by atoms with Gasteiger partial charge in [0.05, 0.1) is 33.3 Å². The molecule has 2 aromatic carbocycles. The number of carbonyl (C=O) groups excluding carboxylic acids is 1. The number of ether oxygens (including phenoxy) is 3. The van der Waals surface area contributed by atoms with E-state index in [1.165, 1.54) is 21.3 Å². The molecule has 0 radical (unpaired) electrons. The van der Waals surface area contributed by atoms with Crippen molar-refractivity contribution in [2.24, 2.45) is 0 Å². The van der Waals surface area contributed by atoms with Crippen LogP contribution in [0.4, 0.5) is 5.69 Å². The van der Waals surface area contributed by atoms with Crippen LogP contribution in [0, 0.1) is 27.7 Å². The van der Waals surface area contributed by atoms with Crippen LogP contribution in [0.3, 0.4) is 0 Å². The van der Waals surface area contributed by atoms with Crippen LogP contribution >= 0.6 is 0 Å². The molecule has 2 aromatic heterocycles. The third kappa shape index (κ3) is 3.75. The average molecular weight is 466 g/mol. The molecule has 0 atom stereocenters. The minimum Gasteiger partial charge on any atom is -0.493 e. The first kappa shape index (κ1) is 23.2. The Labute approximate surface area is 196 Å². The summed E-state index contributed by atoms with van der Waals surface area (Å²) in [5, 5.41) is 4.54. The molecule has 8 heteroatoms. The molecule has 2 heterocycles. The van der Waals surface area contributed by atoms with Crippen molar-refractivity contribution in [3.63, 3.8) is 0 Å². The predicted octanol–water partition coefficient (Wildman–Crippen LogP) is 4.98. The fourth-order valence-corrected chi connectivity index (χ4v) is 4.22. The van der Waals surface area contributed by atoms with Crippen molar-refractivity contribution >= 4 is 33.5 Å². The molecule has 0 spiro atoms. The zero-order valence-corrected chi connectivity index (χ0v) is 20.3. The van der Waals surface area contributed by atoms with Gasteiger partial charge in [-0.15, -0.1) is 0 Å². The van der Waals surface area contributed by atoms with Crippen molar-refractivity contribution in [3.05, 3.63) is 56.6 Å². The van der Waals surface area contributed by atoms with Crippen LogP contribution in [0.25, 0.3) is 21.9 Å². The van der Waals surface area contributed by atoms with Gasteiger partial charge < -0.3 is 28.4 Å². The number of benzene rings is 2. The number of anilines is 1. The normalized spacial score (nSPS) is 11.1. The van der Waals surface area contributed by atoms with Crippen molar-refractivity contribution in [1.29, 1.82) is 0 Å². The van der Waals surface area contributed by atoms with Gasteiger partial charge in [0, 0.05) is 34.2 Å². The van der Waals surface area contributed by atoms with Crippen LogP contribution in [-0.2, 0) is 11.2 Å². The molecule has 178 valence electrons. The first-order chi connectivity index (χ1) is 16.2. The van der Waals surface area contributed by atoms with Crippen LogP contribution < -0.4 is 25.2 Å². The maximum Gasteiger partial charge on any atom is 0.340 e. The highest BCUT2D eigenvalue weighted by molar-refractivity contribution is 6.01. The molecule has 0 fully saturated rings. The minimum absolute atomic E-state index is 0.152. The second-order valence-electron chi connectivity index (χ2n) is 8.17. The number of carbonyl (C=O) groups is 1. The number of nitrogens with one attached hydrogen (secondary N) is 1. The molecule has 1 amide bonds. The van der Waals surface area contributed by atoms with Gasteiger partial charge in [-0.3, -0.25) is 4.79 Å². The maximum absolute atomic E-state index is 12.9. The van der Waals surface area contributed by atoms with E-state index in [0.29, 0.717) is 45.2 Å². The second kappa shape index (κ2) is 8.78. The van der Waals surface area contributed by atoms with Crippen LogP contribution in [0.1, 0.15) is 28.0 Å². The van der Waals surface area contributed by atoms with Gasteiger partial charge in [-0.05, 0) is 44.9 Å². The van der Waals surface area contributed by atoms with Gasteiger partial charge in [0.1, 0.15) is 16.9 Å². The molecule has 1 N–H and O–H groups in total. The van der Waals surface area contributed by atoms with E-state index in [1.807, 2.05) is 33.8 Å².